The highest BCUT2D eigenvalue weighted by Gasteiger charge is 2.17. The molecule has 1 aromatic heterocycles. The number of carbonyl (C=O) groups excluding carboxylic acids is 1. The normalized spacial score (nSPS) is 14.3. The smallest absolute Gasteiger partial charge is 0.259 e. The highest BCUT2D eigenvalue weighted by Crippen LogP contribution is 2.13. The molecule has 0 unspecified atom stereocenters. The number of hydrogen-bond acceptors (Lipinski definition) is 5. The highest BCUT2D eigenvalue weighted by molar-refractivity contribution is 6.02. The molecule has 6 heteroatoms. The largest absolute Gasteiger partial charge is 0.381 e. The number of rotatable bonds is 4. The van der Waals surface area contributed by atoms with Crippen LogP contribution in [0.5, 0.6) is 0 Å². The van der Waals surface area contributed by atoms with Gasteiger partial charge in [0.05, 0.1) is 6.54 Å². The van der Waals surface area contributed by atoms with Gasteiger partial charge in [0.2, 0.25) is 0 Å². The Morgan fingerprint density at radius 1 is 1.27 bits per heavy atom. The summed E-state index contributed by atoms with van der Waals surface area (Å²) in [7, 11) is 1.85. The monoisotopic (exact) mass is 295 g/mol. The van der Waals surface area contributed by atoms with Gasteiger partial charge in [-0.25, -0.2) is 5.43 Å². The van der Waals surface area contributed by atoms with Crippen LogP contribution < -0.4 is 10.7 Å². The SMILES string of the molecule is CN1CC(=O)NN=C1c1ccc(NCc2cccnc2)cc1. The van der Waals surface area contributed by atoms with E-state index in [1.54, 1.807) is 6.20 Å². The Morgan fingerprint density at radius 2 is 2.09 bits per heavy atom. The second-order valence-corrected chi connectivity index (χ2v) is 5.12. The van der Waals surface area contributed by atoms with Crippen LogP contribution in [0.4, 0.5) is 5.69 Å². The molecular weight excluding hydrogens is 278 g/mol. The van der Waals surface area contributed by atoms with Crippen LogP contribution in [0.15, 0.2) is 53.9 Å². The zero-order valence-corrected chi connectivity index (χ0v) is 12.3. The van der Waals surface area contributed by atoms with E-state index in [1.165, 1.54) is 0 Å². The van der Waals surface area contributed by atoms with E-state index in [0.717, 1.165) is 29.2 Å². The van der Waals surface area contributed by atoms with Crippen LogP contribution in [0.25, 0.3) is 0 Å². The van der Waals surface area contributed by atoms with Gasteiger partial charge in [-0.2, -0.15) is 5.10 Å². The van der Waals surface area contributed by atoms with Gasteiger partial charge in [0, 0.05) is 37.2 Å². The van der Waals surface area contributed by atoms with Gasteiger partial charge in [-0.1, -0.05) is 6.07 Å². The van der Waals surface area contributed by atoms with Gasteiger partial charge in [-0.15, -0.1) is 0 Å². The van der Waals surface area contributed by atoms with Crippen molar-refractivity contribution in [3.8, 4) is 0 Å². The summed E-state index contributed by atoms with van der Waals surface area (Å²) in [6.45, 7) is 1.05. The van der Waals surface area contributed by atoms with Crippen molar-refractivity contribution in [2.24, 2.45) is 5.10 Å². The van der Waals surface area contributed by atoms with Crippen molar-refractivity contribution < 1.29 is 4.79 Å². The maximum Gasteiger partial charge on any atom is 0.259 e. The van der Waals surface area contributed by atoms with Crippen LogP contribution in [-0.2, 0) is 11.3 Å². The molecule has 0 fully saturated rings. The van der Waals surface area contributed by atoms with Gasteiger partial charge in [0.15, 0.2) is 5.84 Å². The molecule has 1 amide bonds. The first-order valence-electron chi connectivity index (χ1n) is 7.03. The van der Waals surface area contributed by atoms with Crippen LogP contribution in [-0.4, -0.2) is 35.2 Å². The van der Waals surface area contributed by atoms with Crippen molar-refractivity contribution in [2.75, 3.05) is 18.9 Å². The number of aromatic nitrogens is 1. The number of hydrogen-bond donors (Lipinski definition) is 2. The molecule has 3 rings (SSSR count). The van der Waals surface area contributed by atoms with E-state index in [4.69, 9.17) is 0 Å². The van der Waals surface area contributed by atoms with Crippen LogP contribution in [0.3, 0.4) is 0 Å². The Bertz CT molecular complexity index is 681. The fourth-order valence-corrected chi connectivity index (χ4v) is 2.26. The number of amides is 1. The molecule has 1 aromatic carbocycles. The summed E-state index contributed by atoms with van der Waals surface area (Å²) in [6, 6.07) is 11.9. The minimum Gasteiger partial charge on any atom is -0.381 e. The fourth-order valence-electron chi connectivity index (χ4n) is 2.26. The van der Waals surface area contributed by atoms with Gasteiger partial charge in [0.25, 0.3) is 5.91 Å². The first kappa shape index (κ1) is 14.1. The molecule has 0 bridgehead atoms. The Labute approximate surface area is 128 Å². The molecule has 1 aliphatic rings. The topological polar surface area (TPSA) is 69.6 Å². The second-order valence-electron chi connectivity index (χ2n) is 5.12. The zero-order valence-electron chi connectivity index (χ0n) is 12.3. The number of benzene rings is 1. The number of pyridine rings is 1. The zero-order chi connectivity index (χ0) is 15.4. The molecule has 2 aromatic rings. The van der Waals surface area contributed by atoms with Crippen LogP contribution in [0.1, 0.15) is 11.1 Å². The molecule has 0 saturated carbocycles. The summed E-state index contributed by atoms with van der Waals surface area (Å²) in [5.41, 5.74) is 5.63. The van der Waals surface area contributed by atoms with Crippen molar-refractivity contribution in [3.63, 3.8) is 0 Å². The van der Waals surface area contributed by atoms with Crippen molar-refractivity contribution >= 4 is 17.4 Å². The maximum atomic E-state index is 11.2. The van der Waals surface area contributed by atoms with Crippen molar-refractivity contribution in [1.29, 1.82) is 0 Å². The van der Waals surface area contributed by atoms with Crippen LogP contribution in [0.2, 0.25) is 0 Å². The minimum atomic E-state index is -0.0963. The van der Waals surface area contributed by atoms with E-state index in [1.807, 2.05) is 54.5 Å². The lowest BCUT2D eigenvalue weighted by atomic mass is 10.1. The Hall–Kier alpha value is -2.89. The molecule has 2 heterocycles. The highest BCUT2D eigenvalue weighted by atomic mass is 16.2. The predicted octanol–water partition coefficient (Wildman–Crippen LogP) is 1.42. The predicted molar refractivity (Wildman–Crippen MR) is 85.3 cm³/mol. The minimum absolute atomic E-state index is 0.0963. The number of anilines is 1. The molecule has 0 aliphatic carbocycles. The summed E-state index contributed by atoms with van der Waals surface area (Å²) in [5.74, 6) is 0.666. The first-order valence-corrected chi connectivity index (χ1v) is 7.03. The summed E-state index contributed by atoms with van der Waals surface area (Å²) < 4.78 is 0. The molecule has 0 spiro atoms. The molecule has 0 saturated heterocycles. The Kier molecular flexibility index (Phi) is 4.00. The van der Waals surface area contributed by atoms with Crippen LogP contribution >= 0.6 is 0 Å². The van der Waals surface area contributed by atoms with Crippen molar-refractivity contribution in [2.45, 2.75) is 6.54 Å². The average molecular weight is 295 g/mol. The lowest BCUT2D eigenvalue weighted by molar-refractivity contribution is -0.121. The fraction of sp³-hybridized carbons (Fsp3) is 0.188. The van der Waals surface area contributed by atoms with Gasteiger partial charge < -0.3 is 10.2 Å². The lowest BCUT2D eigenvalue weighted by Gasteiger charge is -2.24. The third-order valence-electron chi connectivity index (χ3n) is 3.39. The Balaban J connectivity index is 1.67. The molecule has 1 aliphatic heterocycles. The lowest BCUT2D eigenvalue weighted by Crippen LogP contribution is -2.43. The van der Waals surface area contributed by atoms with Crippen molar-refractivity contribution in [3.05, 3.63) is 59.9 Å². The van der Waals surface area contributed by atoms with Gasteiger partial charge in [-0.05, 0) is 35.9 Å². The molecule has 0 radical (unpaired) electrons. The Morgan fingerprint density at radius 3 is 2.77 bits per heavy atom. The molecule has 2 N–H and O–H groups in total. The third-order valence-corrected chi connectivity index (χ3v) is 3.39. The number of likely N-dealkylation sites (N-methyl/N-ethyl adjacent to an activating group) is 1. The molecule has 22 heavy (non-hydrogen) atoms. The second kappa shape index (κ2) is 6.26. The molecule has 0 atom stereocenters. The van der Waals surface area contributed by atoms with Gasteiger partial charge >= 0.3 is 0 Å². The molecule has 112 valence electrons. The number of carbonyl (C=O) groups is 1. The summed E-state index contributed by atoms with van der Waals surface area (Å²) in [5, 5.41) is 7.45. The number of nitrogens with one attached hydrogen (secondary N) is 2. The third kappa shape index (κ3) is 3.22. The van der Waals surface area contributed by atoms with Gasteiger partial charge in [0.1, 0.15) is 0 Å². The van der Waals surface area contributed by atoms with E-state index in [0.29, 0.717) is 6.54 Å². The standard InChI is InChI=1S/C16H17N5O/c1-21-11-15(22)19-20-16(21)13-4-6-14(7-5-13)18-10-12-3-2-8-17-9-12/h2-9,18H,10-11H2,1H3,(H,19,22). The van der Waals surface area contributed by atoms with E-state index < -0.39 is 0 Å². The summed E-state index contributed by atoms with van der Waals surface area (Å²) >= 11 is 0. The van der Waals surface area contributed by atoms with E-state index >= 15 is 0 Å². The van der Waals surface area contributed by atoms with Gasteiger partial charge in [-0.3, -0.25) is 9.78 Å². The van der Waals surface area contributed by atoms with E-state index in [2.05, 4.69) is 20.8 Å². The maximum absolute atomic E-state index is 11.2. The number of hydrazone groups is 1. The quantitative estimate of drug-likeness (QED) is 0.895. The summed E-state index contributed by atoms with van der Waals surface area (Å²) in [4.78, 5) is 17.2. The average Bonchev–Trinajstić information content (AvgIpc) is 2.55. The number of nitrogens with zero attached hydrogens (tertiary/aromatic N) is 3. The summed E-state index contributed by atoms with van der Waals surface area (Å²) in [6.07, 6.45) is 3.61. The number of amidine groups is 1. The first-order chi connectivity index (χ1) is 10.7. The van der Waals surface area contributed by atoms with E-state index in [9.17, 15) is 4.79 Å². The molecule has 6 nitrogen and oxygen atoms in total. The van der Waals surface area contributed by atoms with E-state index in [-0.39, 0.29) is 5.91 Å². The molecular formula is C16H17N5O. The van der Waals surface area contributed by atoms with Crippen molar-refractivity contribution in [1.82, 2.24) is 15.3 Å². The van der Waals surface area contributed by atoms with Crippen LogP contribution in [0, 0.1) is 0 Å².